The number of nitrogens with one attached hydrogen (secondary N) is 2. The largest absolute Gasteiger partial charge is 0.351 e. The first-order valence-corrected chi connectivity index (χ1v) is 11.9. The quantitative estimate of drug-likeness (QED) is 0.666. The summed E-state index contributed by atoms with van der Waals surface area (Å²) in [5, 5.41) is 4.48. The van der Waals surface area contributed by atoms with Gasteiger partial charge in [-0.3, -0.25) is 9.59 Å². The molecule has 0 bridgehead atoms. The van der Waals surface area contributed by atoms with Gasteiger partial charge in [0.15, 0.2) is 0 Å². The summed E-state index contributed by atoms with van der Waals surface area (Å²) in [5.74, 6) is -0.462. The average molecular weight is 436 g/mol. The Morgan fingerprint density at radius 3 is 2.48 bits per heavy atom. The molecule has 9 heteroatoms. The van der Waals surface area contributed by atoms with Crippen LogP contribution < -0.4 is 14.9 Å². The van der Waals surface area contributed by atoms with Crippen LogP contribution in [-0.4, -0.2) is 32.8 Å². The van der Waals surface area contributed by atoms with Gasteiger partial charge in [0.25, 0.3) is 10.0 Å². The van der Waals surface area contributed by atoms with Gasteiger partial charge in [-0.05, 0) is 41.5 Å². The van der Waals surface area contributed by atoms with Gasteiger partial charge in [-0.25, -0.2) is 8.42 Å². The molecule has 0 radical (unpaired) electrons. The van der Waals surface area contributed by atoms with Crippen molar-refractivity contribution in [3.63, 3.8) is 0 Å². The monoisotopic (exact) mass is 435 g/mol. The normalized spacial score (nSPS) is 15.7. The number of nitrogens with zero attached hydrogens (tertiary/aromatic N) is 1. The predicted molar refractivity (Wildman–Crippen MR) is 113 cm³/mol. The predicted octanol–water partition coefficient (Wildman–Crippen LogP) is 2.49. The van der Waals surface area contributed by atoms with Gasteiger partial charge in [0.2, 0.25) is 11.8 Å². The summed E-state index contributed by atoms with van der Waals surface area (Å²) < 4.78 is 27.6. The molecular weight excluding hydrogens is 410 g/mol. The molecule has 156 valence electrons. The molecule has 1 saturated heterocycles. The number of hydrogen-bond donors (Lipinski definition) is 2. The molecule has 1 aromatic heterocycles. The molecule has 1 aromatic carbocycles. The Balaban J connectivity index is 1.61. The van der Waals surface area contributed by atoms with Crippen LogP contribution in [0, 0.1) is 5.92 Å². The highest BCUT2D eigenvalue weighted by Gasteiger charge is 2.28. The van der Waals surface area contributed by atoms with Crippen LogP contribution in [0.1, 0.15) is 32.3 Å². The fourth-order valence-electron chi connectivity index (χ4n) is 3.15. The van der Waals surface area contributed by atoms with E-state index in [-0.39, 0.29) is 28.5 Å². The molecule has 1 atom stereocenters. The van der Waals surface area contributed by atoms with Crippen molar-refractivity contribution in [3.05, 3.63) is 47.3 Å². The number of benzene rings is 1. The molecule has 0 unspecified atom stereocenters. The van der Waals surface area contributed by atoms with Crippen molar-refractivity contribution >= 4 is 38.9 Å². The van der Waals surface area contributed by atoms with Crippen molar-refractivity contribution in [3.8, 4) is 0 Å². The van der Waals surface area contributed by atoms with Crippen LogP contribution in [0.25, 0.3) is 0 Å². The number of anilines is 1. The standard InChI is InChI=1S/C20H25N3O4S2/c1-14(2)19(22-29(26,27)18-6-4-12-28-18)20(25)21-13-15-7-9-16(10-8-15)23-11-3-5-17(23)24/h4,6-10,12,14,19,22H,3,5,11,13H2,1-2H3,(H,21,25)/t19-/m1/s1. The highest BCUT2D eigenvalue weighted by atomic mass is 32.2. The van der Waals surface area contributed by atoms with E-state index in [9.17, 15) is 18.0 Å². The Morgan fingerprint density at radius 1 is 1.21 bits per heavy atom. The van der Waals surface area contributed by atoms with Gasteiger partial charge in [0, 0.05) is 25.2 Å². The van der Waals surface area contributed by atoms with Gasteiger partial charge in [-0.15, -0.1) is 11.3 Å². The third kappa shape index (κ3) is 5.23. The molecule has 2 N–H and O–H groups in total. The summed E-state index contributed by atoms with van der Waals surface area (Å²) in [4.78, 5) is 26.2. The van der Waals surface area contributed by atoms with Crippen molar-refractivity contribution in [1.82, 2.24) is 10.0 Å². The van der Waals surface area contributed by atoms with Crippen molar-refractivity contribution in [2.45, 2.75) is 43.5 Å². The summed E-state index contributed by atoms with van der Waals surface area (Å²) in [7, 11) is -3.74. The SMILES string of the molecule is CC(C)[C@@H](NS(=O)(=O)c1cccs1)C(=O)NCc1ccc(N2CCCC2=O)cc1. The fourth-order valence-corrected chi connectivity index (χ4v) is 5.50. The van der Waals surface area contributed by atoms with E-state index in [2.05, 4.69) is 10.0 Å². The highest BCUT2D eigenvalue weighted by molar-refractivity contribution is 7.91. The number of sulfonamides is 1. The molecule has 0 spiro atoms. The van der Waals surface area contributed by atoms with E-state index in [4.69, 9.17) is 0 Å². The lowest BCUT2D eigenvalue weighted by molar-refractivity contribution is -0.123. The molecule has 0 saturated carbocycles. The molecule has 1 fully saturated rings. The van der Waals surface area contributed by atoms with Crippen LogP contribution >= 0.6 is 11.3 Å². The van der Waals surface area contributed by atoms with Gasteiger partial charge in [0.1, 0.15) is 10.3 Å². The Labute approximate surface area is 175 Å². The topological polar surface area (TPSA) is 95.6 Å². The average Bonchev–Trinajstić information content (AvgIpc) is 3.37. The van der Waals surface area contributed by atoms with Crippen molar-refractivity contribution in [2.24, 2.45) is 5.92 Å². The minimum atomic E-state index is -3.74. The highest BCUT2D eigenvalue weighted by Crippen LogP contribution is 2.22. The van der Waals surface area contributed by atoms with Gasteiger partial charge >= 0.3 is 0 Å². The van der Waals surface area contributed by atoms with Gasteiger partial charge in [0.05, 0.1) is 0 Å². The van der Waals surface area contributed by atoms with Gasteiger partial charge in [-0.1, -0.05) is 32.0 Å². The van der Waals surface area contributed by atoms with Gasteiger partial charge in [-0.2, -0.15) is 4.72 Å². The lowest BCUT2D eigenvalue weighted by Gasteiger charge is -2.21. The Kier molecular flexibility index (Phi) is 6.71. The van der Waals surface area contributed by atoms with Crippen LogP contribution in [0.4, 0.5) is 5.69 Å². The van der Waals surface area contributed by atoms with Crippen LogP contribution in [0.2, 0.25) is 0 Å². The molecule has 29 heavy (non-hydrogen) atoms. The number of carbonyl (C=O) groups is 2. The Morgan fingerprint density at radius 2 is 1.93 bits per heavy atom. The van der Waals surface area contributed by atoms with Crippen molar-refractivity contribution in [1.29, 1.82) is 0 Å². The molecule has 3 rings (SSSR count). The minimum Gasteiger partial charge on any atom is -0.351 e. The third-order valence-corrected chi connectivity index (χ3v) is 7.62. The first kappa shape index (κ1) is 21.5. The smallest absolute Gasteiger partial charge is 0.250 e. The molecular formula is C20H25N3O4S2. The first-order chi connectivity index (χ1) is 13.8. The summed E-state index contributed by atoms with van der Waals surface area (Å²) in [6, 6.07) is 9.75. The zero-order valence-corrected chi connectivity index (χ0v) is 18.1. The Bertz CT molecular complexity index is 954. The molecule has 2 amide bonds. The number of hydrogen-bond acceptors (Lipinski definition) is 5. The van der Waals surface area contributed by atoms with Crippen LogP contribution in [0.3, 0.4) is 0 Å². The summed E-state index contributed by atoms with van der Waals surface area (Å²) in [5.41, 5.74) is 1.73. The summed E-state index contributed by atoms with van der Waals surface area (Å²) in [6.07, 6.45) is 1.45. The molecule has 7 nitrogen and oxygen atoms in total. The van der Waals surface area contributed by atoms with E-state index in [1.54, 1.807) is 30.2 Å². The zero-order valence-electron chi connectivity index (χ0n) is 16.4. The lowest BCUT2D eigenvalue weighted by atomic mass is 10.0. The second kappa shape index (κ2) is 9.06. The van der Waals surface area contributed by atoms with E-state index in [1.165, 1.54) is 6.07 Å². The molecule has 1 aliphatic heterocycles. The molecule has 0 aliphatic carbocycles. The molecule has 1 aliphatic rings. The fraction of sp³-hybridized carbons (Fsp3) is 0.400. The first-order valence-electron chi connectivity index (χ1n) is 9.51. The van der Waals surface area contributed by atoms with Crippen molar-refractivity contribution < 1.29 is 18.0 Å². The van der Waals surface area contributed by atoms with Crippen LogP contribution in [0.15, 0.2) is 46.0 Å². The van der Waals surface area contributed by atoms with Gasteiger partial charge < -0.3 is 10.2 Å². The zero-order chi connectivity index (χ0) is 21.0. The number of rotatable bonds is 8. The minimum absolute atomic E-state index is 0.129. The second-order valence-electron chi connectivity index (χ2n) is 7.31. The van der Waals surface area contributed by atoms with E-state index >= 15 is 0 Å². The summed E-state index contributed by atoms with van der Waals surface area (Å²) in [6.45, 7) is 4.60. The van der Waals surface area contributed by atoms with Crippen molar-refractivity contribution in [2.75, 3.05) is 11.4 Å². The molecule has 2 heterocycles. The third-order valence-electron chi connectivity index (χ3n) is 4.78. The number of amides is 2. The molecule has 2 aromatic rings. The maximum absolute atomic E-state index is 12.6. The van der Waals surface area contributed by atoms with E-state index < -0.39 is 16.1 Å². The second-order valence-corrected chi connectivity index (χ2v) is 10.2. The van der Waals surface area contributed by atoms with E-state index in [0.29, 0.717) is 6.42 Å². The van der Waals surface area contributed by atoms with E-state index in [0.717, 1.165) is 35.6 Å². The maximum atomic E-state index is 12.6. The number of thiophene rings is 1. The van der Waals surface area contributed by atoms with Crippen LogP contribution in [0.5, 0.6) is 0 Å². The summed E-state index contributed by atoms with van der Waals surface area (Å²) >= 11 is 1.11. The lowest BCUT2D eigenvalue weighted by Crippen LogP contribution is -2.49. The van der Waals surface area contributed by atoms with Crippen LogP contribution in [-0.2, 0) is 26.2 Å². The van der Waals surface area contributed by atoms with E-state index in [1.807, 2.05) is 24.3 Å². The maximum Gasteiger partial charge on any atom is 0.250 e. The number of carbonyl (C=O) groups excluding carboxylic acids is 2. The Hall–Kier alpha value is -2.23.